The van der Waals surface area contributed by atoms with Crippen molar-refractivity contribution in [2.24, 2.45) is 0 Å². The predicted molar refractivity (Wildman–Crippen MR) is 75.9 cm³/mol. The lowest BCUT2D eigenvalue weighted by Gasteiger charge is -2.15. The first kappa shape index (κ1) is 15.1. The minimum atomic E-state index is -0.189. The van der Waals surface area contributed by atoms with E-state index in [1.807, 2.05) is 32.0 Å². The fourth-order valence-corrected chi connectivity index (χ4v) is 2.54. The largest absolute Gasteiger partial charge is 0.465 e. The van der Waals surface area contributed by atoms with Crippen LogP contribution in [-0.2, 0) is 9.53 Å². The first-order valence-electron chi connectivity index (χ1n) is 6.35. The van der Waals surface area contributed by atoms with Crippen molar-refractivity contribution in [3.63, 3.8) is 0 Å². The van der Waals surface area contributed by atoms with Crippen molar-refractivity contribution in [3.8, 4) is 0 Å². The van der Waals surface area contributed by atoms with Crippen LogP contribution < -0.4 is 5.32 Å². The van der Waals surface area contributed by atoms with Crippen molar-refractivity contribution in [1.29, 1.82) is 0 Å². The quantitative estimate of drug-likeness (QED) is 0.580. The van der Waals surface area contributed by atoms with E-state index in [0.29, 0.717) is 6.61 Å². The third-order valence-corrected chi connectivity index (χ3v) is 3.49. The molecule has 100 valence electrons. The van der Waals surface area contributed by atoms with Crippen molar-refractivity contribution in [2.45, 2.75) is 31.2 Å². The maximum atomic E-state index is 11.7. The summed E-state index contributed by atoms with van der Waals surface area (Å²) in [7, 11) is 0. The Bertz CT molecular complexity index is 343. The summed E-state index contributed by atoms with van der Waals surface area (Å²) in [5.74, 6) is 0.758. The molecule has 18 heavy (non-hydrogen) atoms. The van der Waals surface area contributed by atoms with Gasteiger partial charge in [0, 0.05) is 10.6 Å². The van der Waals surface area contributed by atoms with Crippen LogP contribution in [0.25, 0.3) is 0 Å². The summed E-state index contributed by atoms with van der Waals surface area (Å²) in [6, 6.07) is 10.0. The zero-order valence-electron chi connectivity index (χ0n) is 11.0. The molecule has 1 aromatic rings. The molecule has 0 aliphatic rings. The number of hydrogen-bond donors (Lipinski definition) is 1. The number of thioether (sulfide) groups is 1. The van der Waals surface area contributed by atoms with E-state index in [1.54, 1.807) is 11.8 Å². The highest BCUT2D eigenvalue weighted by Crippen LogP contribution is 2.18. The second-order valence-corrected chi connectivity index (χ2v) is 4.98. The van der Waals surface area contributed by atoms with Crippen LogP contribution >= 0.6 is 11.8 Å². The summed E-state index contributed by atoms with van der Waals surface area (Å²) in [5, 5.41) is 3.17. The van der Waals surface area contributed by atoms with Crippen molar-refractivity contribution in [2.75, 3.05) is 18.9 Å². The van der Waals surface area contributed by atoms with Gasteiger partial charge in [-0.3, -0.25) is 4.79 Å². The van der Waals surface area contributed by atoms with Gasteiger partial charge >= 0.3 is 5.97 Å². The molecule has 3 nitrogen and oxygen atoms in total. The molecule has 0 amide bonds. The highest BCUT2D eigenvalue weighted by atomic mass is 32.2. The molecule has 1 unspecified atom stereocenters. The Hall–Kier alpha value is -1.00. The van der Waals surface area contributed by atoms with Gasteiger partial charge in [0.2, 0.25) is 0 Å². The lowest BCUT2D eigenvalue weighted by Crippen LogP contribution is -2.38. The molecule has 1 aromatic carbocycles. The Balaban J connectivity index is 2.35. The van der Waals surface area contributed by atoms with Gasteiger partial charge in [-0.2, -0.15) is 0 Å². The third kappa shape index (κ3) is 5.56. The lowest BCUT2D eigenvalue weighted by molar-refractivity contribution is -0.145. The molecule has 0 aliphatic carbocycles. The van der Waals surface area contributed by atoms with Crippen molar-refractivity contribution in [1.82, 2.24) is 5.32 Å². The minimum absolute atomic E-state index is 0.145. The molecule has 0 saturated heterocycles. The standard InChI is InChI=1S/C14H21NO2S/c1-3-15-13(14(16)17-4-2)10-11-18-12-8-6-5-7-9-12/h5-9,13,15H,3-4,10-11H2,1-2H3. The fourth-order valence-electron chi connectivity index (χ4n) is 1.60. The number of rotatable bonds is 8. The summed E-state index contributed by atoms with van der Waals surface area (Å²) in [6.45, 7) is 5.04. The molecule has 1 rings (SSSR count). The topological polar surface area (TPSA) is 38.3 Å². The summed E-state index contributed by atoms with van der Waals surface area (Å²) in [6.07, 6.45) is 0.784. The van der Waals surface area contributed by atoms with Gasteiger partial charge in [0.1, 0.15) is 6.04 Å². The van der Waals surface area contributed by atoms with Crippen LogP contribution in [-0.4, -0.2) is 30.9 Å². The van der Waals surface area contributed by atoms with Gasteiger partial charge in [-0.25, -0.2) is 0 Å². The van der Waals surface area contributed by atoms with E-state index in [2.05, 4.69) is 17.4 Å². The fraction of sp³-hybridized carbons (Fsp3) is 0.500. The molecular weight excluding hydrogens is 246 g/mol. The number of carbonyl (C=O) groups is 1. The molecule has 0 spiro atoms. The maximum absolute atomic E-state index is 11.7. The number of nitrogens with one attached hydrogen (secondary N) is 1. The van der Waals surface area contributed by atoms with Crippen molar-refractivity contribution >= 4 is 17.7 Å². The van der Waals surface area contributed by atoms with Crippen LogP contribution in [0.5, 0.6) is 0 Å². The van der Waals surface area contributed by atoms with Crippen LogP contribution in [0, 0.1) is 0 Å². The molecule has 0 aromatic heterocycles. The van der Waals surface area contributed by atoms with Gasteiger partial charge in [0.15, 0.2) is 0 Å². The molecule has 0 heterocycles. The van der Waals surface area contributed by atoms with Crippen molar-refractivity contribution < 1.29 is 9.53 Å². The molecule has 0 saturated carbocycles. The number of esters is 1. The average Bonchev–Trinajstić information content (AvgIpc) is 2.39. The predicted octanol–water partition coefficient (Wildman–Crippen LogP) is 2.71. The van der Waals surface area contributed by atoms with Gasteiger partial charge in [-0.1, -0.05) is 25.1 Å². The minimum Gasteiger partial charge on any atom is -0.465 e. The Morgan fingerprint density at radius 3 is 2.67 bits per heavy atom. The van der Waals surface area contributed by atoms with Crippen LogP contribution in [0.4, 0.5) is 0 Å². The van der Waals surface area contributed by atoms with Crippen LogP contribution in [0.3, 0.4) is 0 Å². The van der Waals surface area contributed by atoms with Gasteiger partial charge < -0.3 is 10.1 Å². The van der Waals surface area contributed by atoms with E-state index in [0.717, 1.165) is 18.7 Å². The molecule has 0 bridgehead atoms. The van der Waals surface area contributed by atoms with Gasteiger partial charge in [0.25, 0.3) is 0 Å². The summed E-state index contributed by atoms with van der Waals surface area (Å²) < 4.78 is 5.05. The molecule has 1 atom stereocenters. The number of ether oxygens (including phenoxy) is 1. The van der Waals surface area contributed by atoms with E-state index < -0.39 is 0 Å². The number of hydrogen-bond acceptors (Lipinski definition) is 4. The third-order valence-electron chi connectivity index (χ3n) is 2.44. The average molecular weight is 267 g/mol. The molecule has 1 N–H and O–H groups in total. The number of carbonyl (C=O) groups excluding carboxylic acids is 1. The number of likely N-dealkylation sites (N-methyl/N-ethyl adjacent to an activating group) is 1. The first-order valence-corrected chi connectivity index (χ1v) is 7.34. The van der Waals surface area contributed by atoms with Gasteiger partial charge in [-0.05, 0) is 32.0 Å². The van der Waals surface area contributed by atoms with Gasteiger partial charge in [0.05, 0.1) is 6.61 Å². The van der Waals surface area contributed by atoms with E-state index in [9.17, 15) is 4.79 Å². The summed E-state index contributed by atoms with van der Waals surface area (Å²) >= 11 is 1.76. The lowest BCUT2D eigenvalue weighted by atomic mass is 10.2. The van der Waals surface area contributed by atoms with Crippen LogP contribution in [0.1, 0.15) is 20.3 Å². The first-order chi connectivity index (χ1) is 8.77. The summed E-state index contributed by atoms with van der Waals surface area (Å²) in [5.41, 5.74) is 0. The Morgan fingerprint density at radius 2 is 2.06 bits per heavy atom. The highest BCUT2D eigenvalue weighted by Gasteiger charge is 2.17. The van der Waals surface area contributed by atoms with Crippen LogP contribution in [0.2, 0.25) is 0 Å². The highest BCUT2D eigenvalue weighted by molar-refractivity contribution is 7.99. The normalized spacial score (nSPS) is 12.1. The molecule has 0 aliphatic heterocycles. The zero-order chi connectivity index (χ0) is 13.2. The zero-order valence-corrected chi connectivity index (χ0v) is 11.8. The van der Waals surface area contributed by atoms with E-state index in [4.69, 9.17) is 4.74 Å². The summed E-state index contributed by atoms with van der Waals surface area (Å²) in [4.78, 5) is 12.9. The van der Waals surface area contributed by atoms with Crippen molar-refractivity contribution in [3.05, 3.63) is 30.3 Å². The Morgan fingerprint density at radius 1 is 1.33 bits per heavy atom. The van der Waals surface area contributed by atoms with E-state index >= 15 is 0 Å². The number of benzene rings is 1. The SMILES string of the molecule is CCNC(CCSc1ccccc1)C(=O)OCC. The Kier molecular flexibility index (Phi) is 7.53. The second kappa shape index (κ2) is 9.00. The maximum Gasteiger partial charge on any atom is 0.323 e. The smallest absolute Gasteiger partial charge is 0.323 e. The molecule has 4 heteroatoms. The monoisotopic (exact) mass is 267 g/mol. The van der Waals surface area contributed by atoms with Gasteiger partial charge in [-0.15, -0.1) is 11.8 Å². The van der Waals surface area contributed by atoms with Crippen LogP contribution in [0.15, 0.2) is 35.2 Å². The second-order valence-electron chi connectivity index (χ2n) is 3.81. The molecule has 0 fully saturated rings. The van der Waals surface area contributed by atoms with E-state index in [1.165, 1.54) is 4.90 Å². The van der Waals surface area contributed by atoms with E-state index in [-0.39, 0.29) is 12.0 Å². The molecular formula is C14H21NO2S. The Labute approximate surface area is 113 Å². The molecule has 0 radical (unpaired) electrons.